The van der Waals surface area contributed by atoms with Crippen molar-refractivity contribution in [2.24, 2.45) is 0 Å². The van der Waals surface area contributed by atoms with Crippen LogP contribution in [0, 0.1) is 13.8 Å². The molecule has 2 heterocycles. The first-order chi connectivity index (χ1) is 19.0. The predicted octanol–water partition coefficient (Wildman–Crippen LogP) is 8.87. The highest BCUT2D eigenvalue weighted by Gasteiger charge is 2.16. The van der Waals surface area contributed by atoms with E-state index >= 15 is 0 Å². The third kappa shape index (κ3) is 5.20. The van der Waals surface area contributed by atoms with Crippen molar-refractivity contribution >= 4 is 11.6 Å². The van der Waals surface area contributed by atoms with Crippen LogP contribution in [0.5, 0.6) is 0 Å². The van der Waals surface area contributed by atoms with E-state index in [1.165, 1.54) is 0 Å². The zero-order valence-corrected chi connectivity index (χ0v) is 22.4. The largest absolute Gasteiger partial charge is 0.258 e. The van der Waals surface area contributed by atoms with Gasteiger partial charge in [-0.05, 0) is 54.8 Å². The molecule has 0 aliphatic heterocycles. The van der Waals surface area contributed by atoms with Crippen LogP contribution in [-0.2, 0) is 0 Å². The molecule has 0 bridgehead atoms. The summed E-state index contributed by atoms with van der Waals surface area (Å²) in [6.45, 7) is 4.00. The number of halogens is 1. The van der Waals surface area contributed by atoms with Crippen LogP contribution < -0.4 is 0 Å². The minimum absolute atomic E-state index is 0.559. The van der Waals surface area contributed by atoms with E-state index in [1.54, 1.807) is 0 Å². The average molecular weight is 525 g/mol. The molecular formula is C34H25ClN4. The van der Waals surface area contributed by atoms with Gasteiger partial charge in [-0.1, -0.05) is 103 Å². The summed E-state index contributed by atoms with van der Waals surface area (Å²) >= 11 is 6.66. The highest BCUT2D eigenvalue weighted by molar-refractivity contribution is 6.31. The van der Waals surface area contributed by atoms with Crippen LogP contribution in [0.25, 0.3) is 56.4 Å². The van der Waals surface area contributed by atoms with E-state index in [1.807, 2.05) is 92.7 Å². The number of aryl methyl sites for hydroxylation is 2. The van der Waals surface area contributed by atoms with Gasteiger partial charge < -0.3 is 0 Å². The Kier molecular flexibility index (Phi) is 6.70. The van der Waals surface area contributed by atoms with Gasteiger partial charge in [-0.3, -0.25) is 4.98 Å². The van der Waals surface area contributed by atoms with Gasteiger partial charge in [0.25, 0.3) is 0 Å². The molecule has 2 aromatic heterocycles. The van der Waals surface area contributed by atoms with Crippen LogP contribution in [0.2, 0.25) is 5.02 Å². The molecule has 4 nitrogen and oxygen atoms in total. The SMILES string of the molecule is Cc1ccc(-c2cc(Cl)cc(-c3nc(-c4ccccc4)nc(-c4ccccc4-c4ccccc4)n3)c2)c(C)n1. The van der Waals surface area contributed by atoms with Gasteiger partial charge >= 0.3 is 0 Å². The number of rotatable bonds is 5. The van der Waals surface area contributed by atoms with Crippen molar-refractivity contribution in [1.29, 1.82) is 0 Å². The maximum Gasteiger partial charge on any atom is 0.164 e. The molecule has 0 saturated carbocycles. The van der Waals surface area contributed by atoms with Crippen LogP contribution in [0.15, 0.2) is 115 Å². The average Bonchev–Trinajstić information content (AvgIpc) is 2.97. The normalized spacial score (nSPS) is 10.9. The van der Waals surface area contributed by atoms with E-state index in [4.69, 9.17) is 26.6 Å². The maximum absolute atomic E-state index is 6.66. The second kappa shape index (κ2) is 10.6. The van der Waals surface area contributed by atoms with Gasteiger partial charge in [0.2, 0.25) is 0 Å². The van der Waals surface area contributed by atoms with E-state index in [9.17, 15) is 0 Å². The molecule has 0 saturated heterocycles. The quantitative estimate of drug-likeness (QED) is 0.226. The number of hydrogen-bond acceptors (Lipinski definition) is 4. The summed E-state index contributed by atoms with van der Waals surface area (Å²) in [5, 5.41) is 0.607. The smallest absolute Gasteiger partial charge is 0.164 e. The van der Waals surface area contributed by atoms with Crippen LogP contribution in [0.1, 0.15) is 11.4 Å². The highest BCUT2D eigenvalue weighted by Crippen LogP contribution is 2.34. The van der Waals surface area contributed by atoms with Gasteiger partial charge in [0.05, 0.1) is 0 Å². The Morgan fingerprint density at radius 3 is 1.69 bits per heavy atom. The lowest BCUT2D eigenvalue weighted by atomic mass is 9.99. The number of hydrogen-bond donors (Lipinski definition) is 0. The second-order valence-electron chi connectivity index (χ2n) is 9.40. The Balaban J connectivity index is 1.56. The Morgan fingerprint density at radius 1 is 0.436 bits per heavy atom. The van der Waals surface area contributed by atoms with Crippen molar-refractivity contribution in [3.8, 4) is 56.4 Å². The maximum atomic E-state index is 6.66. The van der Waals surface area contributed by atoms with Gasteiger partial charge in [0.1, 0.15) is 0 Å². The molecule has 0 aliphatic carbocycles. The van der Waals surface area contributed by atoms with Crippen molar-refractivity contribution in [1.82, 2.24) is 19.9 Å². The molecule has 188 valence electrons. The van der Waals surface area contributed by atoms with Gasteiger partial charge in [-0.2, -0.15) is 0 Å². The number of pyridine rings is 1. The van der Waals surface area contributed by atoms with Crippen LogP contribution in [0.4, 0.5) is 0 Å². The molecule has 6 aromatic rings. The topological polar surface area (TPSA) is 51.6 Å². The monoisotopic (exact) mass is 524 g/mol. The molecule has 4 aromatic carbocycles. The fourth-order valence-corrected chi connectivity index (χ4v) is 4.99. The van der Waals surface area contributed by atoms with Crippen LogP contribution in [0.3, 0.4) is 0 Å². The lowest BCUT2D eigenvalue weighted by molar-refractivity contribution is 1.07. The fraction of sp³-hybridized carbons (Fsp3) is 0.0588. The molecule has 5 heteroatoms. The van der Waals surface area contributed by atoms with Crippen molar-refractivity contribution in [2.75, 3.05) is 0 Å². The van der Waals surface area contributed by atoms with Crippen molar-refractivity contribution < 1.29 is 0 Å². The summed E-state index contributed by atoms with van der Waals surface area (Å²) in [6.07, 6.45) is 0. The van der Waals surface area contributed by atoms with Crippen molar-refractivity contribution in [3.05, 3.63) is 132 Å². The van der Waals surface area contributed by atoms with E-state index in [-0.39, 0.29) is 0 Å². The summed E-state index contributed by atoms with van der Waals surface area (Å²) in [6, 6.07) is 38.5. The van der Waals surface area contributed by atoms with Crippen LogP contribution in [-0.4, -0.2) is 19.9 Å². The first kappa shape index (κ1) is 24.7. The Labute approximate surface area is 233 Å². The molecule has 0 radical (unpaired) electrons. The Hall–Kier alpha value is -4.67. The third-order valence-corrected chi connectivity index (χ3v) is 6.83. The van der Waals surface area contributed by atoms with Crippen LogP contribution >= 0.6 is 11.6 Å². The summed E-state index contributed by atoms with van der Waals surface area (Å²) in [4.78, 5) is 19.5. The van der Waals surface area contributed by atoms with Gasteiger partial charge in [0.15, 0.2) is 17.5 Å². The molecule has 39 heavy (non-hydrogen) atoms. The summed E-state index contributed by atoms with van der Waals surface area (Å²) in [5.74, 6) is 1.77. The van der Waals surface area contributed by atoms with Gasteiger partial charge in [-0.15, -0.1) is 0 Å². The standard InChI is InChI=1S/C34H25ClN4/c1-22-17-18-29(23(2)36-22)26-19-27(21-28(35)20-26)33-37-32(25-13-7-4-8-14-25)38-34(39-33)31-16-10-9-15-30(31)24-11-5-3-6-12-24/h3-21H,1-2H3. The zero-order valence-electron chi connectivity index (χ0n) is 21.6. The minimum atomic E-state index is 0.559. The highest BCUT2D eigenvalue weighted by atomic mass is 35.5. The predicted molar refractivity (Wildman–Crippen MR) is 159 cm³/mol. The molecule has 0 aliphatic rings. The van der Waals surface area contributed by atoms with E-state index in [2.05, 4.69) is 41.4 Å². The lowest BCUT2D eigenvalue weighted by Crippen LogP contribution is -2.01. The summed E-state index contributed by atoms with van der Waals surface area (Å²) in [5.41, 5.74) is 8.74. The molecule has 0 unspecified atom stereocenters. The molecule has 0 atom stereocenters. The Morgan fingerprint density at radius 2 is 1.00 bits per heavy atom. The number of aromatic nitrogens is 4. The summed E-state index contributed by atoms with van der Waals surface area (Å²) in [7, 11) is 0. The zero-order chi connectivity index (χ0) is 26.8. The molecule has 0 amide bonds. The fourth-order valence-electron chi connectivity index (χ4n) is 4.76. The molecule has 0 spiro atoms. The molecule has 6 rings (SSSR count). The van der Waals surface area contributed by atoms with E-state index in [0.29, 0.717) is 22.5 Å². The lowest BCUT2D eigenvalue weighted by Gasteiger charge is -2.13. The summed E-state index contributed by atoms with van der Waals surface area (Å²) < 4.78 is 0. The number of benzene rings is 4. The Bertz CT molecular complexity index is 1780. The third-order valence-electron chi connectivity index (χ3n) is 6.61. The first-order valence-corrected chi connectivity index (χ1v) is 13.1. The van der Waals surface area contributed by atoms with Crippen molar-refractivity contribution in [3.63, 3.8) is 0 Å². The van der Waals surface area contributed by atoms with Gasteiger partial charge in [0, 0.05) is 38.7 Å². The minimum Gasteiger partial charge on any atom is -0.258 e. The first-order valence-electron chi connectivity index (χ1n) is 12.8. The molecule has 0 N–H and O–H groups in total. The van der Waals surface area contributed by atoms with Gasteiger partial charge in [-0.25, -0.2) is 15.0 Å². The molecular weight excluding hydrogens is 500 g/mol. The number of nitrogens with zero attached hydrogens (tertiary/aromatic N) is 4. The van der Waals surface area contributed by atoms with Crippen molar-refractivity contribution in [2.45, 2.75) is 13.8 Å². The van der Waals surface area contributed by atoms with E-state index in [0.717, 1.165) is 50.3 Å². The second-order valence-corrected chi connectivity index (χ2v) is 9.83. The van der Waals surface area contributed by atoms with E-state index < -0.39 is 0 Å². The molecule has 0 fully saturated rings.